The molecule has 3 rings (SSSR count). The molecule has 2 N–H and O–H groups in total. The van der Waals surface area contributed by atoms with E-state index < -0.39 is 11.5 Å². The second-order valence-corrected chi connectivity index (χ2v) is 6.96. The lowest BCUT2D eigenvalue weighted by atomic mass is 9.74. The molecule has 130 valence electrons. The molecule has 1 saturated heterocycles. The van der Waals surface area contributed by atoms with Crippen LogP contribution < -0.4 is 4.90 Å². The second kappa shape index (κ2) is 6.65. The van der Waals surface area contributed by atoms with Crippen LogP contribution in [0.1, 0.15) is 31.7 Å². The molecular formula is C19H25FN2O2. The Balaban J connectivity index is 1.97. The van der Waals surface area contributed by atoms with Gasteiger partial charge in [-0.25, -0.2) is 9.37 Å². The number of aliphatic hydroxyl groups excluding tert-OH is 2. The highest BCUT2D eigenvalue weighted by Gasteiger charge is 2.42. The van der Waals surface area contributed by atoms with E-state index in [2.05, 4.69) is 16.8 Å². The average Bonchev–Trinajstić information content (AvgIpc) is 2.56. The van der Waals surface area contributed by atoms with E-state index in [1.807, 2.05) is 13.0 Å². The van der Waals surface area contributed by atoms with E-state index in [9.17, 15) is 14.6 Å². The van der Waals surface area contributed by atoms with E-state index in [1.54, 1.807) is 6.07 Å². The SMILES string of the molecule is CCC[C@]1(CO)CN(c2cc(C)c3ccc(F)cc3n2)CC[C@@H]1O. The summed E-state index contributed by atoms with van der Waals surface area (Å²) in [6.45, 7) is 5.26. The number of aliphatic hydroxyl groups is 2. The van der Waals surface area contributed by atoms with Gasteiger partial charge in [0.15, 0.2) is 0 Å². The summed E-state index contributed by atoms with van der Waals surface area (Å²) in [6, 6.07) is 6.67. The molecule has 1 aromatic heterocycles. The maximum absolute atomic E-state index is 13.6. The molecular weight excluding hydrogens is 307 g/mol. The molecule has 0 radical (unpaired) electrons. The van der Waals surface area contributed by atoms with E-state index in [-0.39, 0.29) is 12.4 Å². The van der Waals surface area contributed by atoms with Crippen molar-refractivity contribution in [3.63, 3.8) is 0 Å². The van der Waals surface area contributed by atoms with Crippen molar-refractivity contribution < 1.29 is 14.6 Å². The minimum Gasteiger partial charge on any atom is -0.396 e. The summed E-state index contributed by atoms with van der Waals surface area (Å²) in [5.41, 5.74) is 1.17. The Labute approximate surface area is 141 Å². The number of fused-ring (bicyclic) bond motifs is 1. The second-order valence-electron chi connectivity index (χ2n) is 6.96. The predicted octanol–water partition coefficient (Wildman–Crippen LogP) is 3.03. The lowest BCUT2D eigenvalue weighted by molar-refractivity contribution is -0.0353. The molecule has 2 aromatic rings. The van der Waals surface area contributed by atoms with Gasteiger partial charge in [-0.2, -0.15) is 0 Å². The monoisotopic (exact) mass is 332 g/mol. The highest BCUT2D eigenvalue weighted by Crippen LogP contribution is 2.37. The summed E-state index contributed by atoms with van der Waals surface area (Å²) in [5.74, 6) is 0.489. The molecule has 2 atom stereocenters. The van der Waals surface area contributed by atoms with Crippen molar-refractivity contribution in [1.82, 2.24) is 4.98 Å². The standard InChI is InChI=1S/C19H25FN2O2/c1-3-7-19(12-23)11-22(8-6-17(19)24)18-9-13(2)15-5-4-14(20)10-16(15)21-18/h4-5,9-10,17,23-24H,3,6-8,11-12H2,1-2H3/t17-,19+/m0/s1. The zero-order valence-electron chi connectivity index (χ0n) is 14.3. The molecule has 1 aliphatic rings. The van der Waals surface area contributed by atoms with Crippen LogP contribution in [0.3, 0.4) is 0 Å². The number of anilines is 1. The van der Waals surface area contributed by atoms with Gasteiger partial charge in [-0.1, -0.05) is 13.3 Å². The molecule has 4 nitrogen and oxygen atoms in total. The third kappa shape index (κ3) is 2.98. The van der Waals surface area contributed by atoms with Gasteiger partial charge in [0.25, 0.3) is 0 Å². The molecule has 1 aliphatic heterocycles. The number of nitrogens with zero attached hydrogens (tertiary/aromatic N) is 2. The van der Waals surface area contributed by atoms with Crippen LogP contribution >= 0.6 is 0 Å². The summed E-state index contributed by atoms with van der Waals surface area (Å²) in [7, 11) is 0. The van der Waals surface area contributed by atoms with Gasteiger partial charge in [0.1, 0.15) is 11.6 Å². The van der Waals surface area contributed by atoms with E-state index in [0.717, 1.165) is 29.6 Å². The molecule has 0 aliphatic carbocycles. The Morgan fingerprint density at radius 2 is 2.17 bits per heavy atom. The average molecular weight is 332 g/mol. The maximum Gasteiger partial charge on any atom is 0.129 e. The Morgan fingerprint density at radius 3 is 2.88 bits per heavy atom. The Bertz CT molecular complexity index is 737. The summed E-state index contributed by atoms with van der Waals surface area (Å²) >= 11 is 0. The van der Waals surface area contributed by atoms with Crippen LogP contribution in [0.25, 0.3) is 10.9 Å². The molecule has 5 heteroatoms. The lowest BCUT2D eigenvalue weighted by Gasteiger charge is -2.45. The summed E-state index contributed by atoms with van der Waals surface area (Å²) in [5, 5.41) is 21.3. The van der Waals surface area contributed by atoms with Gasteiger partial charge in [0.2, 0.25) is 0 Å². The first-order valence-electron chi connectivity index (χ1n) is 8.60. The molecule has 2 heterocycles. The Hall–Kier alpha value is -1.72. The normalized spacial score (nSPS) is 24.5. The summed E-state index contributed by atoms with van der Waals surface area (Å²) < 4.78 is 13.6. The maximum atomic E-state index is 13.6. The van der Waals surface area contributed by atoms with Gasteiger partial charge in [0.05, 0.1) is 18.2 Å². The molecule has 0 amide bonds. The Kier molecular flexibility index (Phi) is 4.74. The molecule has 0 spiro atoms. The van der Waals surface area contributed by atoms with Gasteiger partial charge < -0.3 is 15.1 Å². The number of benzene rings is 1. The minimum atomic E-state index is -0.514. The fourth-order valence-electron chi connectivity index (χ4n) is 3.84. The van der Waals surface area contributed by atoms with Crippen molar-refractivity contribution >= 4 is 16.7 Å². The van der Waals surface area contributed by atoms with Gasteiger partial charge in [-0.15, -0.1) is 0 Å². The zero-order chi connectivity index (χ0) is 17.3. The third-order valence-corrected chi connectivity index (χ3v) is 5.24. The van der Waals surface area contributed by atoms with Crippen molar-refractivity contribution in [3.05, 3.63) is 35.6 Å². The van der Waals surface area contributed by atoms with E-state index in [1.165, 1.54) is 12.1 Å². The van der Waals surface area contributed by atoms with Crippen molar-refractivity contribution in [2.75, 3.05) is 24.6 Å². The molecule has 1 fully saturated rings. The highest BCUT2D eigenvalue weighted by molar-refractivity contribution is 5.84. The topological polar surface area (TPSA) is 56.6 Å². The molecule has 0 bridgehead atoms. The number of aryl methyl sites for hydroxylation is 1. The number of piperidine rings is 1. The van der Waals surface area contributed by atoms with Gasteiger partial charge in [-0.3, -0.25) is 0 Å². The zero-order valence-corrected chi connectivity index (χ0v) is 14.3. The van der Waals surface area contributed by atoms with Crippen molar-refractivity contribution in [3.8, 4) is 0 Å². The first-order valence-corrected chi connectivity index (χ1v) is 8.60. The largest absolute Gasteiger partial charge is 0.396 e. The number of hydrogen-bond acceptors (Lipinski definition) is 4. The van der Waals surface area contributed by atoms with Crippen molar-refractivity contribution in [2.24, 2.45) is 5.41 Å². The number of aromatic nitrogens is 1. The van der Waals surface area contributed by atoms with Gasteiger partial charge in [-0.05, 0) is 43.5 Å². The molecule has 0 unspecified atom stereocenters. The third-order valence-electron chi connectivity index (χ3n) is 5.24. The smallest absolute Gasteiger partial charge is 0.129 e. The minimum absolute atomic E-state index is 0.0420. The molecule has 1 aromatic carbocycles. The van der Waals surface area contributed by atoms with Crippen LogP contribution in [-0.2, 0) is 0 Å². The number of halogens is 1. The van der Waals surface area contributed by atoms with Crippen LogP contribution in [0, 0.1) is 18.2 Å². The predicted molar refractivity (Wildman–Crippen MR) is 93.7 cm³/mol. The summed E-state index contributed by atoms with van der Waals surface area (Å²) in [6.07, 6.45) is 1.77. The molecule has 24 heavy (non-hydrogen) atoms. The van der Waals surface area contributed by atoms with E-state index in [4.69, 9.17) is 0 Å². The van der Waals surface area contributed by atoms with Crippen LogP contribution in [0.5, 0.6) is 0 Å². The first-order chi connectivity index (χ1) is 11.5. The van der Waals surface area contributed by atoms with E-state index >= 15 is 0 Å². The Morgan fingerprint density at radius 1 is 1.38 bits per heavy atom. The summed E-state index contributed by atoms with van der Waals surface area (Å²) in [4.78, 5) is 6.74. The molecule has 0 saturated carbocycles. The van der Waals surface area contributed by atoms with Crippen LogP contribution in [-0.4, -0.2) is 41.0 Å². The van der Waals surface area contributed by atoms with Crippen LogP contribution in [0.2, 0.25) is 0 Å². The first kappa shape index (κ1) is 17.1. The van der Waals surface area contributed by atoms with E-state index in [0.29, 0.717) is 25.0 Å². The number of rotatable bonds is 4. The number of hydrogen-bond donors (Lipinski definition) is 2. The van der Waals surface area contributed by atoms with Crippen molar-refractivity contribution in [1.29, 1.82) is 0 Å². The van der Waals surface area contributed by atoms with Crippen molar-refractivity contribution in [2.45, 2.75) is 39.2 Å². The van der Waals surface area contributed by atoms with Crippen LogP contribution in [0.15, 0.2) is 24.3 Å². The fraction of sp³-hybridized carbons (Fsp3) is 0.526. The lowest BCUT2D eigenvalue weighted by Crippen LogP contribution is -2.54. The van der Waals surface area contributed by atoms with Gasteiger partial charge >= 0.3 is 0 Å². The highest BCUT2D eigenvalue weighted by atomic mass is 19.1. The van der Waals surface area contributed by atoms with Crippen LogP contribution in [0.4, 0.5) is 10.2 Å². The van der Waals surface area contributed by atoms with Gasteiger partial charge in [0, 0.05) is 30.0 Å². The quantitative estimate of drug-likeness (QED) is 0.904. The number of pyridine rings is 1. The fourth-order valence-corrected chi connectivity index (χ4v) is 3.84.